The highest BCUT2D eigenvalue weighted by molar-refractivity contribution is 8.05. The lowest BCUT2D eigenvalue weighted by Gasteiger charge is -2.09. The van der Waals surface area contributed by atoms with Gasteiger partial charge in [0.15, 0.2) is 0 Å². The molecule has 2 saturated heterocycles. The van der Waals surface area contributed by atoms with E-state index in [1.54, 1.807) is 0 Å². The van der Waals surface area contributed by atoms with Crippen LogP contribution in [-0.4, -0.2) is 22.1 Å². The monoisotopic (exact) mass is 328 g/mol. The second kappa shape index (κ2) is 5.35. The zero-order chi connectivity index (χ0) is 15.9. The number of nitrogens with one attached hydrogen (secondary N) is 1. The highest BCUT2D eigenvalue weighted by Crippen LogP contribution is 2.41. The topological polar surface area (TPSA) is 49.4 Å². The molecule has 2 heterocycles. The molecule has 116 valence electrons. The Labute approximate surface area is 128 Å². The maximum absolute atomic E-state index is 12.5. The molecular formula is C14H11F3N2O2S. The summed E-state index contributed by atoms with van der Waals surface area (Å²) in [5, 5.41) is 2.64. The Bertz CT molecular complexity index is 655. The second-order valence-corrected chi connectivity index (χ2v) is 6.13. The minimum absolute atomic E-state index is 0.152. The normalized spacial score (nSPS) is 23.3. The van der Waals surface area contributed by atoms with Crippen LogP contribution in [0.5, 0.6) is 0 Å². The van der Waals surface area contributed by atoms with Crippen molar-refractivity contribution in [3.8, 4) is 0 Å². The number of nitrogens with zero attached hydrogens (tertiary/aromatic N) is 1. The summed E-state index contributed by atoms with van der Waals surface area (Å²) in [6, 6.07) is 4.50. The summed E-state index contributed by atoms with van der Waals surface area (Å²) in [6.07, 6.45) is -1.93. The van der Waals surface area contributed by atoms with Crippen LogP contribution >= 0.6 is 11.8 Å². The van der Waals surface area contributed by atoms with Gasteiger partial charge in [-0.2, -0.15) is 13.2 Å². The van der Waals surface area contributed by atoms with E-state index in [4.69, 9.17) is 0 Å². The first-order valence-electron chi connectivity index (χ1n) is 6.53. The van der Waals surface area contributed by atoms with Gasteiger partial charge in [0.2, 0.25) is 5.91 Å². The Balaban J connectivity index is 1.70. The van der Waals surface area contributed by atoms with E-state index in [9.17, 15) is 22.8 Å². The minimum atomic E-state index is -4.38. The quantitative estimate of drug-likeness (QED) is 0.669. The van der Waals surface area contributed by atoms with Crippen LogP contribution in [0.3, 0.4) is 0 Å². The third-order valence-corrected chi connectivity index (χ3v) is 4.70. The van der Waals surface area contributed by atoms with Crippen molar-refractivity contribution in [2.24, 2.45) is 0 Å². The molecule has 0 aromatic heterocycles. The van der Waals surface area contributed by atoms with Gasteiger partial charge in [-0.1, -0.05) is 11.8 Å². The maximum atomic E-state index is 12.5. The Hall–Kier alpha value is -1.96. The zero-order valence-electron chi connectivity index (χ0n) is 11.2. The molecule has 1 N–H and O–H groups in total. The summed E-state index contributed by atoms with van der Waals surface area (Å²) < 4.78 is 37.4. The number of anilines is 1. The van der Waals surface area contributed by atoms with Gasteiger partial charge in [-0.3, -0.25) is 14.5 Å². The molecule has 2 fully saturated rings. The molecular weight excluding hydrogens is 317 g/mol. The number of thioether (sulfide) groups is 1. The average Bonchev–Trinajstić information content (AvgIpc) is 2.97. The number of alkyl halides is 3. The number of hydrogen-bond donors (Lipinski definition) is 1. The molecule has 0 bridgehead atoms. The van der Waals surface area contributed by atoms with Crippen molar-refractivity contribution in [2.45, 2.75) is 24.4 Å². The van der Waals surface area contributed by atoms with Crippen LogP contribution in [0.15, 0.2) is 35.4 Å². The van der Waals surface area contributed by atoms with Crippen molar-refractivity contribution in [3.63, 3.8) is 0 Å². The van der Waals surface area contributed by atoms with E-state index in [2.05, 4.69) is 5.32 Å². The van der Waals surface area contributed by atoms with Crippen LogP contribution < -0.4 is 5.32 Å². The Kier molecular flexibility index (Phi) is 3.64. The predicted molar refractivity (Wildman–Crippen MR) is 75.6 cm³/mol. The average molecular weight is 328 g/mol. The Morgan fingerprint density at radius 2 is 1.91 bits per heavy atom. The van der Waals surface area contributed by atoms with Crippen molar-refractivity contribution in [2.75, 3.05) is 5.32 Å². The molecule has 0 aliphatic carbocycles. The van der Waals surface area contributed by atoms with E-state index < -0.39 is 11.7 Å². The maximum Gasteiger partial charge on any atom is 0.416 e. The predicted octanol–water partition coefficient (Wildman–Crippen LogP) is 3.18. The third-order valence-electron chi connectivity index (χ3n) is 3.44. The molecule has 0 spiro atoms. The molecule has 4 nitrogen and oxygen atoms in total. The SMILES string of the molecule is O=C1CCC2S/C(=C\Nc3ccc(C(F)(F)F)cc3)C(=O)N12. The summed E-state index contributed by atoms with van der Waals surface area (Å²) in [4.78, 5) is 25.2. The number of carbonyl (C=O) groups excluding carboxylic acids is 2. The smallest absolute Gasteiger partial charge is 0.360 e. The summed E-state index contributed by atoms with van der Waals surface area (Å²) in [6.45, 7) is 0. The molecule has 2 aliphatic rings. The minimum Gasteiger partial charge on any atom is -0.360 e. The van der Waals surface area contributed by atoms with E-state index >= 15 is 0 Å². The fraction of sp³-hybridized carbons (Fsp3) is 0.286. The zero-order valence-corrected chi connectivity index (χ0v) is 12.0. The van der Waals surface area contributed by atoms with Crippen LogP contribution in [0.4, 0.5) is 18.9 Å². The highest BCUT2D eigenvalue weighted by atomic mass is 32.2. The standard InChI is InChI=1S/C14H11F3N2O2S/c15-14(16,17)8-1-3-9(4-2-8)18-7-10-13(21)19-11(20)5-6-12(19)22-10/h1-4,7,12,18H,5-6H2/b10-7-. The largest absolute Gasteiger partial charge is 0.416 e. The van der Waals surface area contributed by atoms with Gasteiger partial charge in [0.25, 0.3) is 5.91 Å². The Morgan fingerprint density at radius 3 is 2.50 bits per heavy atom. The van der Waals surface area contributed by atoms with Gasteiger partial charge in [-0.25, -0.2) is 0 Å². The first-order valence-corrected chi connectivity index (χ1v) is 7.41. The summed E-state index contributed by atoms with van der Waals surface area (Å²) in [5.41, 5.74) is -0.296. The van der Waals surface area contributed by atoms with Gasteiger partial charge in [-0.15, -0.1) is 0 Å². The third kappa shape index (κ3) is 2.70. The van der Waals surface area contributed by atoms with Crippen LogP contribution in [0, 0.1) is 0 Å². The molecule has 1 aromatic rings. The molecule has 1 unspecified atom stereocenters. The first kappa shape index (κ1) is 15.0. The molecule has 0 saturated carbocycles. The molecule has 1 atom stereocenters. The lowest BCUT2D eigenvalue weighted by molar-refractivity contribution is -0.139. The molecule has 1 aromatic carbocycles. The van der Waals surface area contributed by atoms with E-state index in [1.165, 1.54) is 35.0 Å². The summed E-state index contributed by atoms with van der Waals surface area (Å²) in [7, 11) is 0. The van der Waals surface area contributed by atoms with Crippen LogP contribution in [0.25, 0.3) is 0 Å². The van der Waals surface area contributed by atoms with Gasteiger partial charge >= 0.3 is 6.18 Å². The molecule has 2 aliphatic heterocycles. The highest BCUT2D eigenvalue weighted by Gasteiger charge is 2.44. The number of imide groups is 1. The van der Waals surface area contributed by atoms with Crippen molar-refractivity contribution >= 4 is 29.3 Å². The molecule has 2 amide bonds. The van der Waals surface area contributed by atoms with Gasteiger partial charge < -0.3 is 5.32 Å². The number of rotatable bonds is 2. The number of benzene rings is 1. The van der Waals surface area contributed by atoms with E-state index in [1.807, 2.05) is 0 Å². The van der Waals surface area contributed by atoms with Crippen LogP contribution in [-0.2, 0) is 15.8 Å². The molecule has 8 heteroatoms. The van der Waals surface area contributed by atoms with E-state index in [0.29, 0.717) is 23.4 Å². The molecule has 22 heavy (non-hydrogen) atoms. The number of hydrogen-bond acceptors (Lipinski definition) is 4. The van der Waals surface area contributed by atoms with E-state index in [0.717, 1.165) is 12.1 Å². The molecule has 0 radical (unpaired) electrons. The molecule has 3 rings (SSSR count). The second-order valence-electron chi connectivity index (χ2n) is 4.91. The summed E-state index contributed by atoms with van der Waals surface area (Å²) >= 11 is 1.29. The lowest BCUT2D eigenvalue weighted by Crippen LogP contribution is -2.31. The van der Waals surface area contributed by atoms with Gasteiger partial charge in [0, 0.05) is 18.3 Å². The summed E-state index contributed by atoms with van der Waals surface area (Å²) in [5.74, 6) is -0.530. The Morgan fingerprint density at radius 1 is 1.23 bits per heavy atom. The lowest BCUT2D eigenvalue weighted by atomic mass is 10.2. The van der Waals surface area contributed by atoms with Crippen molar-refractivity contribution in [1.82, 2.24) is 4.90 Å². The van der Waals surface area contributed by atoms with E-state index in [-0.39, 0.29) is 17.2 Å². The van der Waals surface area contributed by atoms with Crippen molar-refractivity contribution < 1.29 is 22.8 Å². The van der Waals surface area contributed by atoms with Crippen LogP contribution in [0.2, 0.25) is 0 Å². The van der Waals surface area contributed by atoms with Gasteiger partial charge in [0.1, 0.15) is 0 Å². The fourth-order valence-corrected chi connectivity index (χ4v) is 3.50. The fourth-order valence-electron chi connectivity index (χ4n) is 2.33. The van der Waals surface area contributed by atoms with Crippen molar-refractivity contribution in [3.05, 3.63) is 40.9 Å². The number of amides is 2. The number of carbonyl (C=O) groups is 2. The van der Waals surface area contributed by atoms with Crippen LogP contribution in [0.1, 0.15) is 18.4 Å². The van der Waals surface area contributed by atoms with Gasteiger partial charge in [0.05, 0.1) is 15.8 Å². The first-order chi connectivity index (χ1) is 10.4. The van der Waals surface area contributed by atoms with Crippen molar-refractivity contribution in [1.29, 1.82) is 0 Å². The number of fused-ring (bicyclic) bond motifs is 1. The number of halogens is 3. The van der Waals surface area contributed by atoms with Gasteiger partial charge in [-0.05, 0) is 30.7 Å².